The summed E-state index contributed by atoms with van der Waals surface area (Å²) in [7, 11) is 0. The third-order valence-electron chi connectivity index (χ3n) is 4.16. The first-order chi connectivity index (χ1) is 10.4. The molecule has 1 aliphatic carbocycles. The van der Waals surface area contributed by atoms with Crippen LogP contribution in [0.15, 0.2) is 11.6 Å². The van der Waals surface area contributed by atoms with Crippen molar-refractivity contribution in [3.05, 3.63) is 11.6 Å². The number of hydrogen-bond acceptors (Lipinski definition) is 6. The molecule has 1 fully saturated rings. The van der Waals surface area contributed by atoms with Gasteiger partial charge in [-0.05, 0) is 32.1 Å². The van der Waals surface area contributed by atoms with Crippen LogP contribution >= 0.6 is 0 Å². The number of fused-ring (bicyclic) bond motifs is 1. The van der Waals surface area contributed by atoms with Crippen molar-refractivity contribution in [3.8, 4) is 0 Å². The molecule has 0 aromatic rings. The normalized spacial score (nSPS) is 27.0. The molecular weight excluding hydrogens is 288 g/mol. The summed E-state index contributed by atoms with van der Waals surface area (Å²) in [6, 6.07) is 0. The molecule has 6 heteroatoms. The average molecular weight is 308 g/mol. The molecule has 1 aliphatic heterocycles. The molecule has 1 heterocycles. The maximum atomic E-state index is 11.9. The Morgan fingerprint density at radius 1 is 1.27 bits per heavy atom. The number of ketones is 1. The Kier molecular flexibility index (Phi) is 5.11. The van der Waals surface area contributed by atoms with E-state index >= 15 is 0 Å². The Morgan fingerprint density at radius 2 is 2.00 bits per heavy atom. The van der Waals surface area contributed by atoms with E-state index in [4.69, 9.17) is 9.47 Å². The van der Waals surface area contributed by atoms with Gasteiger partial charge in [0.05, 0.1) is 18.4 Å². The van der Waals surface area contributed by atoms with Crippen LogP contribution in [0.5, 0.6) is 0 Å². The molecule has 0 aromatic carbocycles. The second kappa shape index (κ2) is 6.85. The predicted octanol–water partition coefficient (Wildman–Crippen LogP) is 1.57. The highest BCUT2D eigenvalue weighted by Gasteiger charge is 2.49. The van der Waals surface area contributed by atoms with Gasteiger partial charge in [0.15, 0.2) is 0 Å². The summed E-state index contributed by atoms with van der Waals surface area (Å²) in [4.78, 5) is 45.7. The molecule has 1 saturated heterocycles. The number of Topliss-reactive ketones (excluding diaryl/α,β-unsaturated/α-hetero) is 1. The Morgan fingerprint density at radius 3 is 2.64 bits per heavy atom. The van der Waals surface area contributed by atoms with Crippen LogP contribution in [0.4, 0.5) is 0 Å². The lowest BCUT2D eigenvalue weighted by molar-refractivity contribution is -0.154. The van der Waals surface area contributed by atoms with E-state index in [1.165, 1.54) is 13.8 Å². The fourth-order valence-corrected chi connectivity index (χ4v) is 3.12. The van der Waals surface area contributed by atoms with Crippen LogP contribution in [0.2, 0.25) is 0 Å². The highest BCUT2D eigenvalue weighted by atomic mass is 16.6. The third kappa shape index (κ3) is 3.81. The molecule has 2 rings (SSSR count). The van der Waals surface area contributed by atoms with E-state index in [0.717, 1.165) is 5.57 Å². The van der Waals surface area contributed by atoms with Crippen molar-refractivity contribution in [2.45, 2.75) is 39.5 Å². The van der Waals surface area contributed by atoms with E-state index in [9.17, 15) is 19.2 Å². The Balaban J connectivity index is 2.11. The zero-order valence-corrected chi connectivity index (χ0v) is 12.8. The first kappa shape index (κ1) is 16.4. The molecule has 3 atom stereocenters. The number of cyclic esters (lactones) is 2. The standard InChI is InChI=1S/C16H20O6/c1-9(17)3-4-11-7-12(5-6-21-10(2)18)14-13(8-11)15(19)22-16(14)20/h7,12-14H,3-6,8H2,1-2H3/t12-,13?,14-/m1/s1. The minimum absolute atomic E-state index is 0.0876. The van der Waals surface area contributed by atoms with Crippen LogP contribution in [0.25, 0.3) is 0 Å². The molecule has 22 heavy (non-hydrogen) atoms. The van der Waals surface area contributed by atoms with Gasteiger partial charge in [-0.15, -0.1) is 0 Å². The van der Waals surface area contributed by atoms with Gasteiger partial charge in [0.25, 0.3) is 0 Å². The first-order valence-electron chi connectivity index (χ1n) is 7.46. The maximum absolute atomic E-state index is 11.9. The van der Waals surface area contributed by atoms with Crippen LogP contribution in [0.3, 0.4) is 0 Å². The lowest BCUT2D eigenvalue weighted by atomic mass is 9.72. The largest absolute Gasteiger partial charge is 0.466 e. The minimum Gasteiger partial charge on any atom is -0.466 e. The summed E-state index contributed by atoms with van der Waals surface area (Å²) in [5.41, 5.74) is 0.996. The smallest absolute Gasteiger partial charge is 0.318 e. The average Bonchev–Trinajstić information content (AvgIpc) is 2.71. The summed E-state index contributed by atoms with van der Waals surface area (Å²) in [5.74, 6) is -2.43. The van der Waals surface area contributed by atoms with Gasteiger partial charge in [0.1, 0.15) is 5.78 Å². The van der Waals surface area contributed by atoms with Crippen molar-refractivity contribution >= 4 is 23.7 Å². The van der Waals surface area contributed by atoms with Gasteiger partial charge in [0, 0.05) is 13.3 Å². The molecule has 6 nitrogen and oxygen atoms in total. The number of allylic oxidation sites excluding steroid dienone is 2. The van der Waals surface area contributed by atoms with E-state index in [2.05, 4.69) is 0 Å². The van der Waals surface area contributed by atoms with Crippen LogP contribution in [0, 0.1) is 17.8 Å². The molecule has 0 spiro atoms. The lowest BCUT2D eigenvalue weighted by Crippen LogP contribution is -2.30. The number of carbonyl (C=O) groups excluding carboxylic acids is 4. The first-order valence-corrected chi connectivity index (χ1v) is 7.46. The monoisotopic (exact) mass is 308 g/mol. The van der Waals surface area contributed by atoms with Crippen LogP contribution in [-0.2, 0) is 28.7 Å². The molecule has 0 saturated carbocycles. The molecule has 120 valence electrons. The number of rotatable bonds is 6. The number of ether oxygens (including phenoxy) is 2. The van der Waals surface area contributed by atoms with Gasteiger partial charge >= 0.3 is 17.9 Å². The van der Waals surface area contributed by atoms with Crippen molar-refractivity contribution in [1.29, 1.82) is 0 Å². The quantitative estimate of drug-likeness (QED) is 0.420. The zero-order valence-electron chi connectivity index (χ0n) is 12.8. The summed E-state index contributed by atoms with van der Waals surface area (Å²) in [6.45, 7) is 3.05. The molecular formula is C16H20O6. The second-order valence-corrected chi connectivity index (χ2v) is 5.90. The van der Waals surface area contributed by atoms with Crippen molar-refractivity contribution in [2.24, 2.45) is 17.8 Å². The minimum atomic E-state index is -0.496. The predicted molar refractivity (Wildman–Crippen MR) is 75.4 cm³/mol. The van der Waals surface area contributed by atoms with E-state index in [-0.39, 0.29) is 24.3 Å². The SMILES string of the molecule is CC(=O)CCC1=C[C@@H](CCOC(C)=O)[C@H]2C(=O)OC(=O)C2C1. The van der Waals surface area contributed by atoms with Crippen molar-refractivity contribution in [2.75, 3.05) is 6.61 Å². The van der Waals surface area contributed by atoms with E-state index < -0.39 is 23.8 Å². The molecule has 0 aromatic heterocycles. The molecule has 0 N–H and O–H groups in total. The summed E-state index contributed by atoms with van der Waals surface area (Å²) in [6.07, 6.45) is 3.89. The molecule has 0 radical (unpaired) electrons. The fraction of sp³-hybridized carbons (Fsp3) is 0.625. The Labute approximate surface area is 128 Å². The van der Waals surface area contributed by atoms with Gasteiger partial charge in [-0.2, -0.15) is 0 Å². The van der Waals surface area contributed by atoms with Crippen LogP contribution < -0.4 is 0 Å². The van der Waals surface area contributed by atoms with Crippen molar-refractivity contribution < 1.29 is 28.7 Å². The van der Waals surface area contributed by atoms with E-state index in [0.29, 0.717) is 25.7 Å². The molecule has 0 amide bonds. The van der Waals surface area contributed by atoms with E-state index in [1.807, 2.05) is 6.08 Å². The van der Waals surface area contributed by atoms with Crippen LogP contribution in [0.1, 0.15) is 39.5 Å². The van der Waals surface area contributed by atoms with Gasteiger partial charge < -0.3 is 14.3 Å². The van der Waals surface area contributed by atoms with Gasteiger partial charge in [0.2, 0.25) is 0 Å². The number of esters is 3. The zero-order chi connectivity index (χ0) is 16.3. The molecule has 1 unspecified atom stereocenters. The lowest BCUT2D eigenvalue weighted by Gasteiger charge is -2.28. The third-order valence-corrected chi connectivity index (χ3v) is 4.16. The molecule has 2 aliphatic rings. The second-order valence-electron chi connectivity index (χ2n) is 5.90. The topological polar surface area (TPSA) is 86.7 Å². The summed E-state index contributed by atoms with van der Waals surface area (Å²) < 4.78 is 9.68. The van der Waals surface area contributed by atoms with Crippen molar-refractivity contribution in [1.82, 2.24) is 0 Å². The van der Waals surface area contributed by atoms with Gasteiger partial charge in [-0.3, -0.25) is 14.4 Å². The summed E-state index contributed by atoms with van der Waals surface area (Å²) in [5, 5.41) is 0. The van der Waals surface area contributed by atoms with Gasteiger partial charge in [-0.1, -0.05) is 11.6 Å². The van der Waals surface area contributed by atoms with Crippen molar-refractivity contribution in [3.63, 3.8) is 0 Å². The number of hydrogen-bond donors (Lipinski definition) is 0. The fourth-order valence-electron chi connectivity index (χ4n) is 3.12. The summed E-state index contributed by atoms with van der Waals surface area (Å²) >= 11 is 0. The molecule has 0 bridgehead atoms. The number of carbonyl (C=O) groups is 4. The van der Waals surface area contributed by atoms with Gasteiger partial charge in [-0.25, -0.2) is 0 Å². The highest BCUT2D eigenvalue weighted by molar-refractivity contribution is 5.97. The van der Waals surface area contributed by atoms with Crippen LogP contribution in [-0.4, -0.2) is 30.3 Å². The Hall–Kier alpha value is -1.98. The highest BCUT2D eigenvalue weighted by Crippen LogP contribution is 2.42. The van der Waals surface area contributed by atoms with E-state index in [1.54, 1.807) is 0 Å². The maximum Gasteiger partial charge on any atom is 0.318 e. The Bertz CT molecular complexity index is 533.